The molecule has 0 radical (unpaired) electrons. The number of carboxylic acid groups (broad SMARTS) is 1. The minimum Gasteiger partial charge on any atom is -0.545 e. The number of benzene rings is 2. The van der Waals surface area contributed by atoms with Crippen LogP contribution in [0, 0.1) is 0 Å². The van der Waals surface area contributed by atoms with Crippen LogP contribution in [0.15, 0.2) is 47.6 Å². The monoisotopic (exact) mass is 416 g/mol. The normalized spacial score (nSPS) is 10.6. The lowest BCUT2D eigenvalue weighted by molar-refractivity contribution is -0.255. The highest BCUT2D eigenvalue weighted by Crippen LogP contribution is 2.25. The van der Waals surface area contributed by atoms with Crippen molar-refractivity contribution < 1.29 is 24.2 Å². The predicted octanol–water partition coefficient (Wildman–Crippen LogP) is 1.26. The zero-order valence-electron chi connectivity index (χ0n) is 15.6. The van der Waals surface area contributed by atoms with Crippen LogP contribution in [-0.2, 0) is 16.2 Å². The van der Waals surface area contributed by atoms with Gasteiger partial charge in [-0.05, 0) is 41.3 Å². The summed E-state index contributed by atoms with van der Waals surface area (Å²) in [7, 11) is 0. The summed E-state index contributed by atoms with van der Waals surface area (Å²) in [6.07, 6.45) is 2.07. The summed E-state index contributed by atoms with van der Waals surface area (Å²) in [5, 5.41) is 17.2. The van der Waals surface area contributed by atoms with Crippen LogP contribution in [-0.4, -0.2) is 30.5 Å². The number of carbonyl (C=O) groups excluding carboxylic acids is 3. The Bertz CT molecular complexity index is 913. The lowest BCUT2D eigenvalue weighted by Gasteiger charge is -2.09. The zero-order valence-corrected chi connectivity index (χ0v) is 16.4. The molecule has 152 valence electrons. The summed E-state index contributed by atoms with van der Waals surface area (Å²) in [5.41, 5.74) is 3.58. The molecule has 0 spiro atoms. The van der Waals surface area contributed by atoms with Gasteiger partial charge in [0.1, 0.15) is 12.4 Å². The minimum atomic E-state index is -1.24. The quantitative estimate of drug-likeness (QED) is 0.381. The first-order valence-electron chi connectivity index (χ1n) is 8.74. The number of carboxylic acids is 1. The van der Waals surface area contributed by atoms with Crippen LogP contribution in [0.1, 0.15) is 34.8 Å². The molecule has 2 aromatic carbocycles. The van der Waals surface area contributed by atoms with Gasteiger partial charge in [-0.15, -0.1) is 0 Å². The smallest absolute Gasteiger partial charge is 0.329 e. The molecule has 0 heterocycles. The third-order valence-corrected chi connectivity index (χ3v) is 3.96. The van der Waals surface area contributed by atoms with Crippen molar-refractivity contribution in [2.45, 2.75) is 20.0 Å². The van der Waals surface area contributed by atoms with Gasteiger partial charge in [0.05, 0.1) is 17.2 Å². The van der Waals surface area contributed by atoms with Crippen LogP contribution >= 0.6 is 11.6 Å². The maximum absolute atomic E-state index is 11.5. The third-order valence-electron chi connectivity index (χ3n) is 3.66. The lowest BCUT2D eigenvalue weighted by Crippen LogP contribution is -2.38. The van der Waals surface area contributed by atoms with E-state index in [1.165, 1.54) is 18.3 Å². The highest BCUT2D eigenvalue weighted by Gasteiger charge is 2.10. The molecule has 0 aliphatic rings. The summed E-state index contributed by atoms with van der Waals surface area (Å²) < 4.78 is 5.63. The van der Waals surface area contributed by atoms with E-state index < -0.39 is 17.8 Å². The lowest BCUT2D eigenvalue weighted by atomic mass is 10.1. The molecule has 0 saturated heterocycles. The van der Waals surface area contributed by atoms with E-state index in [4.69, 9.17) is 16.3 Å². The fraction of sp³-hybridized carbons (Fsp3) is 0.200. The average Bonchev–Trinajstić information content (AvgIpc) is 2.71. The summed E-state index contributed by atoms with van der Waals surface area (Å²) in [5.74, 6) is -2.42. The zero-order chi connectivity index (χ0) is 21.2. The van der Waals surface area contributed by atoms with Gasteiger partial charge >= 0.3 is 11.8 Å². The van der Waals surface area contributed by atoms with E-state index in [2.05, 4.69) is 15.8 Å². The van der Waals surface area contributed by atoms with E-state index in [-0.39, 0.29) is 12.2 Å². The standard InChI is InChI=1S/C20H20ClN3O5/c1-2-9-22-18(25)19(26)24-23-11-14-5-8-17(16(21)10-14)29-12-13-3-6-15(7-4-13)20(27)28/h3-8,10-11H,2,9,12H2,1H3,(H,22,25)(H,24,26)(H,27,28)/p-1/b23-11-. The number of ether oxygens (including phenoxy) is 1. The van der Waals surface area contributed by atoms with Gasteiger partial charge in [0.25, 0.3) is 0 Å². The van der Waals surface area contributed by atoms with Crippen LogP contribution in [0.5, 0.6) is 5.75 Å². The van der Waals surface area contributed by atoms with Gasteiger partial charge in [-0.25, -0.2) is 5.43 Å². The van der Waals surface area contributed by atoms with Crippen LogP contribution in [0.25, 0.3) is 0 Å². The molecule has 2 rings (SSSR count). The summed E-state index contributed by atoms with van der Waals surface area (Å²) >= 11 is 6.19. The second kappa shape index (κ2) is 10.8. The van der Waals surface area contributed by atoms with Crippen LogP contribution in [0.4, 0.5) is 0 Å². The summed E-state index contributed by atoms with van der Waals surface area (Å²) in [4.78, 5) is 33.7. The fourth-order valence-electron chi connectivity index (χ4n) is 2.15. The van der Waals surface area contributed by atoms with E-state index in [0.717, 1.165) is 12.0 Å². The maximum atomic E-state index is 11.5. The summed E-state index contributed by atoms with van der Waals surface area (Å²) in [6, 6.07) is 11.0. The maximum Gasteiger partial charge on any atom is 0.329 e. The van der Waals surface area contributed by atoms with Crippen LogP contribution in [0.2, 0.25) is 5.02 Å². The van der Waals surface area contributed by atoms with Gasteiger partial charge < -0.3 is 20.0 Å². The number of carbonyl (C=O) groups is 3. The molecule has 0 atom stereocenters. The molecule has 2 aromatic rings. The first-order chi connectivity index (χ1) is 13.9. The van der Waals surface area contributed by atoms with Crippen molar-refractivity contribution in [3.05, 3.63) is 64.2 Å². The van der Waals surface area contributed by atoms with Crippen LogP contribution < -0.4 is 20.6 Å². The molecule has 2 N–H and O–H groups in total. The molecule has 9 heteroatoms. The molecule has 0 unspecified atom stereocenters. The molecule has 0 bridgehead atoms. The summed E-state index contributed by atoms with van der Waals surface area (Å²) in [6.45, 7) is 2.48. The number of rotatable bonds is 8. The molecule has 29 heavy (non-hydrogen) atoms. The van der Waals surface area contributed by atoms with E-state index in [9.17, 15) is 19.5 Å². The van der Waals surface area contributed by atoms with Crippen molar-refractivity contribution >= 4 is 35.6 Å². The molecular formula is C20H19ClN3O5-. The highest BCUT2D eigenvalue weighted by atomic mass is 35.5. The molecule has 0 aliphatic carbocycles. The molecule has 8 nitrogen and oxygen atoms in total. The van der Waals surface area contributed by atoms with Gasteiger partial charge in [-0.1, -0.05) is 42.8 Å². The van der Waals surface area contributed by atoms with Crippen LogP contribution in [0.3, 0.4) is 0 Å². The van der Waals surface area contributed by atoms with Gasteiger partial charge in [0, 0.05) is 6.54 Å². The first-order valence-corrected chi connectivity index (χ1v) is 9.12. The average molecular weight is 417 g/mol. The Labute approximate surface area is 172 Å². The van der Waals surface area contributed by atoms with Crippen molar-refractivity contribution in [3.8, 4) is 5.75 Å². The topological polar surface area (TPSA) is 120 Å². The van der Waals surface area contributed by atoms with Gasteiger partial charge in [0.15, 0.2) is 0 Å². The SMILES string of the molecule is CCCNC(=O)C(=O)N/N=C\c1ccc(OCc2ccc(C(=O)[O-])cc2)c(Cl)c1. The molecule has 0 aliphatic heterocycles. The number of hydrogen-bond acceptors (Lipinski definition) is 6. The van der Waals surface area contributed by atoms with Crippen molar-refractivity contribution in [1.29, 1.82) is 0 Å². The number of nitrogens with one attached hydrogen (secondary N) is 2. The Morgan fingerprint density at radius 1 is 1.14 bits per heavy atom. The van der Waals surface area contributed by atoms with E-state index in [1.54, 1.807) is 30.3 Å². The number of hydrogen-bond donors (Lipinski definition) is 2. The van der Waals surface area contributed by atoms with E-state index in [0.29, 0.717) is 22.9 Å². The van der Waals surface area contributed by atoms with Crippen molar-refractivity contribution in [1.82, 2.24) is 10.7 Å². The number of halogens is 1. The third kappa shape index (κ3) is 6.93. The number of nitrogens with zero attached hydrogens (tertiary/aromatic N) is 1. The molecule has 0 fully saturated rings. The Balaban J connectivity index is 1.90. The molecule has 0 aromatic heterocycles. The van der Waals surface area contributed by atoms with E-state index in [1.807, 2.05) is 6.92 Å². The van der Waals surface area contributed by atoms with Crippen molar-refractivity contribution in [2.24, 2.45) is 5.10 Å². The largest absolute Gasteiger partial charge is 0.545 e. The van der Waals surface area contributed by atoms with Gasteiger partial charge in [-0.3, -0.25) is 9.59 Å². The predicted molar refractivity (Wildman–Crippen MR) is 106 cm³/mol. The van der Waals surface area contributed by atoms with Crippen molar-refractivity contribution in [3.63, 3.8) is 0 Å². The van der Waals surface area contributed by atoms with Crippen molar-refractivity contribution in [2.75, 3.05) is 6.54 Å². The second-order valence-corrected chi connectivity index (χ2v) is 6.33. The van der Waals surface area contributed by atoms with E-state index >= 15 is 0 Å². The van der Waals surface area contributed by atoms with Gasteiger partial charge in [0.2, 0.25) is 0 Å². The second-order valence-electron chi connectivity index (χ2n) is 5.92. The fourth-order valence-corrected chi connectivity index (χ4v) is 2.39. The Morgan fingerprint density at radius 3 is 2.48 bits per heavy atom. The Hall–Kier alpha value is -3.39. The highest BCUT2D eigenvalue weighted by molar-refractivity contribution is 6.35. The molecular weight excluding hydrogens is 398 g/mol. The molecule has 0 saturated carbocycles. The number of aromatic carboxylic acids is 1. The number of hydrazone groups is 1. The minimum absolute atomic E-state index is 0.0883. The molecule has 2 amide bonds. The Kier molecular flexibility index (Phi) is 8.17. The van der Waals surface area contributed by atoms with Gasteiger partial charge in [-0.2, -0.15) is 5.10 Å². The Morgan fingerprint density at radius 2 is 1.86 bits per heavy atom. The number of amides is 2. The first kappa shape index (κ1) is 21.9.